The third-order valence-electron chi connectivity index (χ3n) is 3.11. The van der Waals surface area contributed by atoms with Gasteiger partial charge >= 0.3 is 6.18 Å². The fourth-order valence-corrected chi connectivity index (χ4v) is 3.51. The molecule has 0 radical (unpaired) electrons. The topological polar surface area (TPSA) is 90.4 Å². The van der Waals surface area contributed by atoms with Crippen LogP contribution in [0, 0.1) is 6.92 Å². The quantitative estimate of drug-likeness (QED) is 0.758. The predicted octanol–water partition coefficient (Wildman–Crippen LogP) is 2.43. The Kier molecular flexibility index (Phi) is 3.46. The summed E-state index contributed by atoms with van der Waals surface area (Å²) in [6.45, 7) is 1.66. The van der Waals surface area contributed by atoms with Gasteiger partial charge in [0, 0.05) is 5.56 Å². The molecular weight excluding hydrogens is 353 g/mol. The Morgan fingerprint density at radius 1 is 1.30 bits per heavy atom. The van der Waals surface area contributed by atoms with E-state index in [0.29, 0.717) is 11.1 Å². The zero-order chi connectivity index (χ0) is 17.0. The van der Waals surface area contributed by atoms with Crippen LogP contribution in [0.25, 0.3) is 16.2 Å². The Morgan fingerprint density at radius 3 is 2.57 bits per heavy atom. The van der Waals surface area contributed by atoms with E-state index in [1.165, 1.54) is 16.8 Å². The summed E-state index contributed by atoms with van der Waals surface area (Å²) in [5.41, 5.74) is 0.395. The molecule has 3 rings (SSSR count). The average Bonchev–Trinajstić information content (AvgIpc) is 2.95. The second-order valence-corrected chi connectivity index (χ2v) is 7.48. The van der Waals surface area contributed by atoms with Gasteiger partial charge in [0.05, 0.1) is 17.5 Å². The van der Waals surface area contributed by atoms with E-state index in [0.717, 1.165) is 23.5 Å². The third kappa shape index (κ3) is 2.94. The number of fused-ring (bicyclic) bond motifs is 1. The van der Waals surface area contributed by atoms with Crippen LogP contribution in [0.1, 0.15) is 11.1 Å². The van der Waals surface area contributed by atoms with Crippen LogP contribution in [-0.2, 0) is 16.2 Å². The van der Waals surface area contributed by atoms with Crippen LogP contribution in [0.5, 0.6) is 0 Å². The maximum atomic E-state index is 12.8. The number of hydrogen-bond donors (Lipinski definition) is 1. The average molecular weight is 362 g/mol. The van der Waals surface area contributed by atoms with Gasteiger partial charge in [-0.2, -0.15) is 13.2 Å². The molecule has 2 aromatic heterocycles. The maximum Gasteiger partial charge on any atom is 0.416 e. The summed E-state index contributed by atoms with van der Waals surface area (Å²) in [6, 6.07) is 3.35. The molecule has 0 fully saturated rings. The van der Waals surface area contributed by atoms with Gasteiger partial charge in [0.15, 0.2) is 0 Å². The summed E-state index contributed by atoms with van der Waals surface area (Å²) in [5.74, 6) is 0. The van der Waals surface area contributed by atoms with Crippen LogP contribution >= 0.6 is 11.3 Å². The fraction of sp³-hybridized carbons (Fsp3) is 0.167. The maximum absolute atomic E-state index is 12.8. The lowest BCUT2D eigenvalue weighted by atomic mass is 10.0. The Hall–Kier alpha value is -1.98. The lowest BCUT2D eigenvalue weighted by Gasteiger charge is -2.09. The van der Waals surface area contributed by atoms with Gasteiger partial charge < -0.3 is 0 Å². The monoisotopic (exact) mass is 362 g/mol. The molecule has 0 atom stereocenters. The van der Waals surface area contributed by atoms with Crippen LogP contribution in [0.15, 0.2) is 28.7 Å². The van der Waals surface area contributed by atoms with E-state index < -0.39 is 21.8 Å². The lowest BCUT2D eigenvalue weighted by molar-refractivity contribution is -0.137. The lowest BCUT2D eigenvalue weighted by Crippen LogP contribution is -2.12. The third-order valence-corrected chi connectivity index (χ3v) is 5.34. The van der Waals surface area contributed by atoms with Crippen LogP contribution in [-0.4, -0.2) is 23.0 Å². The normalized spacial score (nSPS) is 12.9. The van der Waals surface area contributed by atoms with Crippen molar-refractivity contribution in [1.29, 1.82) is 0 Å². The number of sulfonamides is 1. The first-order valence-corrected chi connectivity index (χ1v) is 8.49. The minimum Gasteiger partial charge on any atom is -0.223 e. The van der Waals surface area contributed by atoms with Crippen molar-refractivity contribution < 1.29 is 21.6 Å². The first-order valence-electron chi connectivity index (χ1n) is 6.13. The minimum atomic E-state index is -4.46. The molecule has 3 aromatic rings. The number of rotatable bonds is 2. The van der Waals surface area contributed by atoms with E-state index in [-0.39, 0.29) is 15.0 Å². The number of imidazole rings is 1. The first kappa shape index (κ1) is 15.9. The van der Waals surface area contributed by atoms with Crippen LogP contribution in [0.3, 0.4) is 0 Å². The standard InChI is InChI=1S/C12H9F3N4O2S2/c1-6-2-3-7(12(13,14)15)4-8(6)9-5-19-10(17-9)22-11(18-19)23(16,20)21/h2-5H,1H3,(H2,16,20,21). The Bertz CT molecular complexity index is 974. The zero-order valence-corrected chi connectivity index (χ0v) is 13.1. The molecule has 0 spiro atoms. The number of aromatic nitrogens is 3. The Morgan fingerprint density at radius 2 is 2.00 bits per heavy atom. The molecule has 0 saturated carbocycles. The highest BCUT2D eigenvalue weighted by atomic mass is 32.2. The van der Waals surface area contributed by atoms with Crippen molar-refractivity contribution in [3.05, 3.63) is 35.5 Å². The summed E-state index contributed by atoms with van der Waals surface area (Å²) < 4.78 is 61.8. The zero-order valence-electron chi connectivity index (χ0n) is 11.5. The number of nitrogens with two attached hydrogens (primary N) is 1. The molecule has 1 aromatic carbocycles. The van der Waals surface area contributed by atoms with E-state index in [4.69, 9.17) is 5.14 Å². The number of benzene rings is 1. The Labute approximate surface area is 132 Å². The Balaban J connectivity index is 2.12. The highest BCUT2D eigenvalue weighted by Crippen LogP contribution is 2.34. The molecule has 122 valence electrons. The molecule has 0 aliphatic heterocycles. The molecule has 0 saturated heterocycles. The number of nitrogens with zero attached hydrogens (tertiary/aromatic N) is 3. The molecule has 2 N–H and O–H groups in total. The molecule has 0 amide bonds. The molecule has 11 heteroatoms. The van der Waals surface area contributed by atoms with E-state index >= 15 is 0 Å². The number of aryl methyl sites for hydroxylation is 1. The molecule has 6 nitrogen and oxygen atoms in total. The largest absolute Gasteiger partial charge is 0.416 e. The van der Waals surface area contributed by atoms with Crippen LogP contribution < -0.4 is 5.14 Å². The van der Waals surface area contributed by atoms with Gasteiger partial charge in [-0.05, 0) is 24.6 Å². The van der Waals surface area contributed by atoms with Crippen molar-refractivity contribution in [2.75, 3.05) is 0 Å². The molecule has 2 heterocycles. The van der Waals surface area contributed by atoms with Crippen molar-refractivity contribution >= 4 is 26.3 Å². The van der Waals surface area contributed by atoms with Crippen LogP contribution in [0.4, 0.5) is 13.2 Å². The summed E-state index contributed by atoms with van der Waals surface area (Å²) in [6.07, 6.45) is -3.10. The van der Waals surface area contributed by atoms with E-state index in [2.05, 4.69) is 10.1 Å². The van der Waals surface area contributed by atoms with Crippen LogP contribution in [0.2, 0.25) is 0 Å². The van der Waals surface area contributed by atoms with Gasteiger partial charge in [0.25, 0.3) is 10.0 Å². The second-order valence-electron chi connectivity index (χ2n) is 4.79. The van der Waals surface area contributed by atoms with Gasteiger partial charge in [0.1, 0.15) is 0 Å². The summed E-state index contributed by atoms with van der Waals surface area (Å²) in [5, 5.41) is 8.74. The summed E-state index contributed by atoms with van der Waals surface area (Å²) >= 11 is 0.741. The smallest absolute Gasteiger partial charge is 0.223 e. The molecule has 0 aliphatic rings. The molecular formula is C12H9F3N4O2S2. The highest BCUT2D eigenvalue weighted by Gasteiger charge is 2.31. The number of alkyl halides is 3. The van der Waals surface area contributed by atoms with Gasteiger partial charge in [-0.25, -0.2) is 23.1 Å². The number of halogens is 3. The second kappa shape index (κ2) is 5.01. The SMILES string of the molecule is Cc1ccc(C(F)(F)F)cc1-c1cn2nc(S(N)(=O)=O)sc2n1. The fourth-order valence-electron chi connectivity index (χ4n) is 2.00. The first-order chi connectivity index (χ1) is 10.6. The van der Waals surface area contributed by atoms with Gasteiger partial charge in [-0.15, -0.1) is 5.10 Å². The minimum absolute atomic E-state index is 0.223. The van der Waals surface area contributed by atoms with E-state index in [1.54, 1.807) is 6.92 Å². The van der Waals surface area contributed by atoms with Crippen molar-refractivity contribution in [2.45, 2.75) is 17.4 Å². The van der Waals surface area contributed by atoms with E-state index in [9.17, 15) is 21.6 Å². The molecule has 0 unspecified atom stereocenters. The van der Waals surface area contributed by atoms with Crippen molar-refractivity contribution in [3.8, 4) is 11.3 Å². The molecule has 0 aliphatic carbocycles. The molecule has 23 heavy (non-hydrogen) atoms. The van der Waals surface area contributed by atoms with Crippen molar-refractivity contribution in [3.63, 3.8) is 0 Å². The van der Waals surface area contributed by atoms with Crippen molar-refractivity contribution in [1.82, 2.24) is 14.6 Å². The van der Waals surface area contributed by atoms with E-state index in [1.807, 2.05) is 0 Å². The predicted molar refractivity (Wildman–Crippen MR) is 77.4 cm³/mol. The van der Waals surface area contributed by atoms with Gasteiger partial charge in [-0.3, -0.25) is 0 Å². The number of hydrogen-bond acceptors (Lipinski definition) is 5. The number of primary sulfonamides is 1. The van der Waals surface area contributed by atoms with Crippen molar-refractivity contribution in [2.24, 2.45) is 5.14 Å². The summed E-state index contributed by atoms with van der Waals surface area (Å²) in [4.78, 5) is 4.36. The van der Waals surface area contributed by atoms with Gasteiger partial charge in [0.2, 0.25) is 9.30 Å². The highest BCUT2D eigenvalue weighted by molar-refractivity contribution is 7.91. The van der Waals surface area contributed by atoms with Gasteiger partial charge in [-0.1, -0.05) is 17.4 Å². The summed E-state index contributed by atoms with van der Waals surface area (Å²) in [7, 11) is -3.95. The molecule has 0 bridgehead atoms.